The van der Waals surface area contributed by atoms with Crippen LogP contribution in [0.3, 0.4) is 0 Å². The van der Waals surface area contributed by atoms with Gasteiger partial charge in [0.15, 0.2) is 0 Å². The topological polar surface area (TPSA) is 70.0 Å². The molecule has 0 aliphatic rings. The Labute approximate surface area is 122 Å². The van der Waals surface area contributed by atoms with Crippen LogP contribution in [0, 0.1) is 11.3 Å². The molecular formula is C14H14N2O2S2. The Morgan fingerprint density at radius 2 is 1.90 bits per heavy atom. The molecule has 0 fully saturated rings. The van der Waals surface area contributed by atoms with Crippen LogP contribution in [-0.2, 0) is 23.0 Å². The molecule has 20 heavy (non-hydrogen) atoms. The van der Waals surface area contributed by atoms with Crippen LogP contribution in [-0.4, -0.2) is 8.42 Å². The zero-order valence-electron chi connectivity index (χ0n) is 11.0. The average molecular weight is 306 g/mol. The van der Waals surface area contributed by atoms with Gasteiger partial charge in [0.2, 0.25) is 10.0 Å². The van der Waals surface area contributed by atoms with E-state index in [1.165, 1.54) is 17.0 Å². The number of hydrogen-bond donors (Lipinski definition) is 1. The lowest BCUT2D eigenvalue weighted by molar-refractivity contribution is 0.581. The molecular weight excluding hydrogens is 292 g/mol. The van der Waals surface area contributed by atoms with E-state index in [2.05, 4.69) is 11.6 Å². The van der Waals surface area contributed by atoms with Crippen molar-refractivity contribution in [3.8, 4) is 6.07 Å². The molecule has 0 saturated heterocycles. The third-order valence-electron chi connectivity index (χ3n) is 2.80. The number of nitrogens with zero attached hydrogens (tertiary/aromatic N) is 1. The van der Waals surface area contributed by atoms with E-state index in [4.69, 9.17) is 5.26 Å². The monoisotopic (exact) mass is 306 g/mol. The lowest BCUT2D eigenvalue weighted by atomic mass is 10.2. The summed E-state index contributed by atoms with van der Waals surface area (Å²) in [5.41, 5.74) is 0.153. The number of nitrogens with one attached hydrogen (secondary N) is 1. The molecule has 2 rings (SSSR count). The van der Waals surface area contributed by atoms with Crippen molar-refractivity contribution < 1.29 is 8.42 Å². The summed E-state index contributed by atoms with van der Waals surface area (Å²) in [6.45, 7) is 2.30. The van der Waals surface area contributed by atoms with Gasteiger partial charge >= 0.3 is 0 Å². The SMILES string of the molecule is CCc1ccc(CNS(=O)(=O)c2ccccc2C#N)s1. The minimum absolute atomic E-state index is 0.0229. The second-order valence-electron chi connectivity index (χ2n) is 4.15. The molecule has 0 radical (unpaired) electrons. The fraction of sp³-hybridized carbons (Fsp3) is 0.214. The van der Waals surface area contributed by atoms with Crippen molar-refractivity contribution in [1.29, 1.82) is 5.26 Å². The van der Waals surface area contributed by atoms with Crippen molar-refractivity contribution in [3.05, 3.63) is 51.7 Å². The number of rotatable bonds is 5. The largest absolute Gasteiger partial charge is 0.242 e. The maximum absolute atomic E-state index is 12.2. The first kappa shape index (κ1) is 14.7. The molecule has 0 spiro atoms. The van der Waals surface area contributed by atoms with E-state index in [9.17, 15) is 8.42 Å². The molecule has 0 bridgehead atoms. The predicted molar refractivity (Wildman–Crippen MR) is 78.9 cm³/mol. The van der Waals surface area contributed by atoms with Crippen LogP contribution in [0.4, 0.5) is 0 Å². The van der Waals surface area contributed by atoms with E-state index in [-0.39, 0.29) is 17.0 Å². The van der Waals surface area contributed by atoms with Gasteiger partial charge in [-0.1, -0.05) is 19.1 Å². The Bertz CT molecular complexity index is 743. The van der Waals surface area contributed by atoms with Gasteiger partial charge in [0.05, 0.1) is 10.5 Å². The van der Waals surface area contributed by atoms with Gasteiger partial charge in [0.25, 0.3) is 0 Å². The molecule has 1 heterocycles. The standard InChI is InChI=1S/C14H14N2O2S2/c1-2-12-7-8-13(19-12)10-16-20(17,18)14-6-4-3-5-11(14)9-15/h3-8,16H,2,10H2,1H3. The van der Waals surface area contributed by atoms with Gasteiger partial charge in [0.1, 0.15) is 6.07 Å². The molecule has 1 N–H and O–H groups in total. The smallest absolute Gasteiger partial charge is 0.207 e. The van der Waals surface area contributed by atoms with E-state index in [0.717, 1.165) is 11.3 Å². The van der Waals surface area contributed by atoms with Gasteiger partial charge in [-0.05, 0) is 30.7 Å². The number of hydrogen-bond acceptors (Lipinski definition) is 4. The van der Waals surface area contributed by atoms with E-state index in [0.29, 0.717) is 0 Å². The molecule has 1 aromatic heterocycles. The van der Waals surface area contributed by atoms with E-state index in [1.807, 2.05) is 18.2 Å². The molecule has 0 atom stereocenters. The average Bonchev–Trinajstić information content (AvgIpc) is 2.93. The highest BCUT2D eigenvalue weighted by Crippen LogP contribution is 2.19. The van der Waals surface area contributed by atoms with E-state index >= 15 is 0 Å². The first-order valence-corrected chi connectivity index (χ1v) is 8.43. The molecule has 4 nitrogen and oxygen atoms in total. The Hall–Kier alpha value is -1.68. The van der Waals surface area contributed by atoms with Crippen LogP contribution in [0.2, 0.25) is 0 Å². The Morgan fingerprint density at radius 3 is 2.55 bits per heavy atom. The van der Waals surface area contributed by atoms with Gasteiger partial charge in [0, 0.05) is 16.3 Å². The molecule has 0 amide bonds. The van der Waals surface area contributed by atoms with Crippen LogP contribution in [0.15, 0.2) is 41.3 Å². The summed E-state index contributed by atoms with van der Waals surface area (Å²) < 4.78 is 26.9. The minimum atomic E-state index is -3.66. The van der Waals surface area contributed by atoms with Gasteiger partial charge in [-0.3, -0.25) is 0 Å². The maximum atomic E-state index is 12.2. The summed E-state index contributed by atoms with van der Waals surface area (Å²) in [5, 5.41) is 8.96. The van der Waals surface area contributed by atoms with Crippen LogP contribution in [0.1, 0.15) is 22.2 Å². The number of sulfonamides is 1. The third kappa shape index (κ3) is 3.25. The molecule has 104 valence electrons. The lowest BCUT2D eigenvalue weighted by Gasteiger charge is -2.06. The van der Waals surface area contributed by atoms with Crippen LogP contribution in [0.5, 0.6) is 0 Å². The Morgan fingerprint density at radius 1 is 1.20 bits per heavy atom. The summed E-state index contributed by atoms with van der Waals surface area (Å²) in [7, 11) is -3.66. The molecule has 0 unspecified atom stereocenters. The first-order valence-electron chi connectivity index (χ1n) is 6.13. The van der Waals surface area contributed by atoms with Gasteiger partial charge in [-0.15, -0.1) is 11.3 Å². The third-order valence-corrected chi connectivity index (χ3v) is 5.49. The molecule has 6 heteroatoms. The lowest BCUT2D eigenvalue weighted by Crippen LogP contribution is -2.23. The second kappa shape index (κ2) is 6.18. The first-order chi connectivity index (χ1) is 9.56. The van der Waals surface area contributed by atoms with Crippen molar-refractivity contribution in [1.82, 2.24) is 4.72 Å². The van der Waals surface area contributed by atoms with E-state index < -0.39 is 10.0 Å². The van der Waals surface area contributed by atoms with Crippen LogP contribution in [0.25, 0.3) is 0 Å². The van der Waals surface area contributed by atoms with Crippen molar-refractivity contribution in [2.24, 2.45) is 0 Å². The second-order valence-corrected chi connectivity index (χ2v) is 7.14. The minimum Gasteiger partial charge on any atom is -0.207 e. The predicted octanol–water partition coefficient (Wildman–Crippen LogP) is 2.66. The Kier molecular flexibility index (Phi) is 4.55. The van der Waals surface area contributed by atoms with Gasteiger partial charge in [-0.25, -0.2) is 13.1 Å². The number of benzene rings is 1. The molecule has 2 aromatic rings. The Balaban J connectivity index is 2.17. The highest BCUT2D eigenvalue weighted by atomic mass is 32.2. The fourth-order valence-electron chi connectivity index (χ4n) is 1.74. The van der Waals surface area contributed by atoms with Crippen molar-refractivity contribution in [3.63, 3.8) is 0 Å². The summed E-state index contributed by atoms with van der Waals surface area (Å²) in [5.74, 6) is 0. The van der Waals surface area contributed by atoms with Crippen LogP contribution < -0.4 is 4.72 Å². The quantitative estimate of drug-likeness (QED) is 0.923. The zero-order chi connectivity index (χ0) is 14.6. The number of nitriles is 1. The van der Waals surface area contributed by atoms with Crippen LogP contribution >= 0.6 is 11.3 Å². The molecule has 1 aromatic carbocycles. The zero-order valence-corrected chi connectivity index (χ0v) is 12.6. The molecule has 0 saturated carbocycles. The van der Waals surface area contributed by atoms with Crippen molar-refractivity contribution in [2.45, 2.75) is 24.8 Å². The number of thiophene rings is 1. The fourth-order valence-corrected chi connectivity index (χ4v) is 3.90. The summed E-state index contributed by atoms with van der Waals surface area (Å²) >= 11 is 1.59. The highest BCUT2D eigenvalue weighted by Gasteiger charge is 2.17. The summed E-state index contributed by atoms with van der Waals surface area (Å²) in [6, 6.07) is 12.0. The van der Waals surface area contributed by atoms with Crippen molar-refractivity contribution in [2.75, 3.05) is 0 Å². The van der Waals surface area contributed by atoms with E-state index in [1.54, 1.807) is 23.5 Å². The van der Waals surface area contributed by atoms with Crippen molar-refractivity contribution >= 4 is 21.4 Å². The maximum Gasteiger partial charge on any atom is 0.242 e. The molecule has 0 aliphatic heterocycles. The van der Waals surface area contributed by atoms with Gasteiger partial charge in [-0.2, -0.15) is 5.26 Å². The summed E-state index contributed by atoms with van der Waals surface area (Å²) in [4.78, 5) is 2.20. The number of aryl methyl sites for hydroxylation is 1. The normalized spacial score (nSPS) is 11.2. The highest BCUT2D eigenvalue weighted by molar-refractivity contribution is 7.89. The summed E-state index contributed by atoms with van der Waals surface area (Å²) in [6.07, 6.45) is 0.939. The molecule has 0 aliphatic carbocycles. The van der Waals surface area contributed by atoms with Gasteiger partial charge < -0.3 is 0 Å².